The van der Waals surface area contributed by atoms with Crippen molar-refractivity contribution in [1.82, 2.24) is 20.4 Å². The number of allylic oxidation sites excluding steroid dienone is 1. The second kappa shape index (κ2) is 13.0. The molecule has 0 radical (unpaired) electrons. The fraction of sp³-hybridized carbons (Fsp3) is 0.314. The number of ketones is 2. The summed E-state index contributed by atoms with van der Waals surface area (Å²) in [5.41, 5.74) is -0.997. The fourth-order valence-electron chi connectivity index (χ4n) is 6.59. The van der Waals surface area contributed by atoms with E-state index in [2.05, 4.69) is 20.4 Å². The molecule has 7 rings (SSSR count). The number of hydrogen-bond acceptors (Lipinski definition) is 13. The van der Waals surface area contributed by atoms with Gasteiger partial charge in [0.1, 0.15) is 22.1 Å². The van der Waals surface area contributed by atoms with Crippen LogP contribution in [0.5, 0.6) is 28.7 Å². The van der Waals surface area contributed by atoms with Crippen molar-refractivity contribution in [1.29, 1.82) is 0 Å². The van der Waals surface area contributed by atoms with Crippen molar-refractivity contribution in [3.63, 3.8) is 0 Å². The molecule has 2 aromatic heterocycles. The van der Waals surface area contributed by atoms with Gasteiger partial charge in [0.25, 0.3) is 0 Å². The molecular formula is C35H31ClN4O10. The van der Waals surface area contributed by atoms with Crippen LogP contribution in [-0.4, -0.2) is 70.9 Å². The van der Waals surface area contributed by atoms with Crippen molar-refractivity contribution in [3.8, 4) is 40.1 Å². The van der Waals surface area contributed by atoms with Crippen LogP contribution in [0.4, 0.5) is 0 Å². The lowest BCUT2D eigenvalue weighted by Gasteiger charge is -2.38. The van der Waals surface area contributed by atoms with Gasteiger partial charge in [0, 0.05) is 67.2 Å². The molecule has 0 saturated carbocycles. The topological polar surface area (TPSA) is 181 Å². The molecule has 4 aromatic rings. The number of aromatic nitrogens is 3. The molecule has 3 atom stereocenters. The van der Waals surface area contributed by atoms with Gasteiger partial charge in [-0.1, -0.05) is 29.7 Å². The minimum Gasteiger partial charge on any atom is -0.507 e. The number of nitrogens with one attached hydrogen (secondary N) is 1. The van der Waals surface area contributed by atoms with Crippen molar-refractivity contribution in [2.75, 3.05) is 27.6 Å². The number of amides is 1. The number of pyridine rings is 1. The Labute approximate surface area is 290 Å². The zero-order chi connectivity index (χ0) is 35.2. The van der Waals surface area contributed by atoms with Gasteiger partial charge in [-0.25, -0.2) is 0 Å². The highest BCUT2D eigenvalue weighted by Crippen LogP contribution is 2.56. The van der Waals surface area contributed by atoms with Gasteiger partial charge in [0.2, 0.25) is 35.8 Å². The first-order valence-corrected chi connectivity index (χ1v) is 16.1. The summed E-state index contributed by atoms with van der Waals surface area (Å²) in [6, 6.07) is 9.99. The minimum atomic E-state index is -2.02. The highest BCUT2D eigenvalue weighted by molar-refractivity contribution is 6.35. The molecule has 0 saturated heterocycles. The van der Waals surface area contributed by atoms with Crippen molar-refractivity contribution >= 4 is 29.1 Å². The molecule has 1 unspecified atom stereocenters. The second-order valence-corrected chi connectivity index (χ2v) is 12.4. The Bertz CT molecular complexity index is 2050. The monoisotopic (exact) mass is 702 g/mol. The predicted molar refractivity (Wildman–Crippen MR) is 175 cm³/mol. The van der Waals surface area contributed by atoms with Crippen molar-refractivity contribution in [3.05, 3.63) is 82.2 Å². The first kappa shape index (κ1) is 32.9. The van der Waals surface area contributed by atoms with Crippen LogP contribution in [0.25, 0.3) is 11.4 Å². The summed E-state index contributed by atoms with van der Waals surface area (Å²) in [4.78, 5) is 50.2. The normalized spacial score (nSPS) is 19.7. The number of halogens is 1. The molecule has 0 fully saturated rings. The van der Waals surface area contributed by atoms with Crippen LogP contribution in [0.3, 0.4) is 0 Å². The summed E-state index contributed by atoms with van der Waals surface area (Å²) in [5.74, 6) is -2.13. The third-order valence-corrected chi connectivity index (χ3v) is 9.46. The number of ether oxygens (including phenoxy) is 5. The Morgan fingerprint density at radius 1 is 1.14 bits per heavy atom. The molecule has 2 aliphatic heterocycles. The van der Waals surface area contributed by atoms with Crippen LogP contribution in [0.1, 0.15) is 47.5 Å². The number of benzene rings is 2. The molecule has 1 spiro atoms. The minimum absolute atomic E-state index is 0.00225. The van der Waals surface area contributed by atoms with Gasteiger partial charge >= 0.3 is 0 Å². The van der Waals surface area contributed by atoms with E-state index in [4.69, 9.17) is 39.8 Å². The lowest BCUT2D eigenvalue weighted by atomic mass is 9.69. The van der Waals surface area contributed by atoms with E-state index in [9.17, 15) is 19.5 Å². The molecule has 2 aromatic carbocycles. The maximum atomic E-state index is 14.3. The smallest absolute Gasteiger partial charge is 0.231 e. The van der Waals surface area contributed by atoms with Crippen LogP contribution >= 0.6 is 11.6 Å². The first-order chi connectivity index (χ1) is 24.2. The number of methoxy groups -OCH3 is 2. The Balaban J connectivity index is 1.21. The van der Waals surface area contributed by atoms with E-state index in [0.717, 1.165) is 0 Å². The molecule has 1 amide bonds. The number of Topliss-reactive ketones (excluding diaryl/α,β-unsaturated/α-hetero) is 2. The molecule has 15 heteroatoms. The van der Waals surface area contributed by atoms with Crippen LogP contribution in [-0.2, 0) is 16.0 Å². The number of nitrogens with zero attached hydrogens (tertiary/aromatic N) is 3. The van der Waals surface area contributed by atoms with E-state index in [1.165, 1.54) is 20.3 Å². The number of carbonyl (C=O) groups excluding carboxylic acids is 3. The largest absolute Gasteiger partial charge is 0.507 e. The Morgan fingerprint density at radius 3 is 2.70 bits per heavy atom. The maximum Gasteiger partial charge on any atom is 0.231 e. The van der Waals surface area contributed by atoms with E-state index >= 15 is 0 Å². The SMILES string of the molecule is COc1cc(OC)c2c(c1Cl)O[C@]1(C2=O)C(O)=C(C(CC(=O)NCCc2nc(-c3cccnc3)no2)c2ccc3c(c2)OCO3)C(=O)C[C@H]1C. The molecular weight excluding hydrogens is 672 g/mol. The number of aliphatic hydroxyl groups is 1. The van der Waals surface area contributed by atoms with E-state index in [1.807, 2.05) is 0 Å². The maximum absolute atomic E-state index is 14.3. The highest BCUT2D eigenvalue weighted by Gasteiger charge is 2.61. The van der Waals surface area contributed by atoms with Crippen LogP contribution in [0.2, 0.25) is 5.02 Å². The lowest BCUT2D eigenvalue weighted by Crippen LogP contribution is -2.53. The van der Waals surface area contributed by atoms with E-state index < -0.39 is 40.7 Å². The standard InChI is InChI=1S/C35H31ClN4O10/c1-17-11-21(41)28(32(43)35(17)33(44)29-24(45-2)14-25(46-3)30(36)31(29)49-35)20(18-6-7-22-23(12-18)48-16-47-22)13-26(42)38-10-8-27-39-34(40-50-27)19-5-4-9-37-15-19/h4-7,9,12,14-15,17,20,43H,8,10-11,13,16H2,1-3H3,(H,38,42)/t17-,20?,35+/m1/s1. The number of hydrogen-bond donors (Lipinski definition) is 2. The van der Waals surface area contributed by atoms with E-state index in [0.29, 0.717) is 34.3 Å². The first-order valence-electron chi connectivity index (χ1n) is 15.7. The van der Waals surface area contributed by atoms with E-state index in [1.54, 1.807) is 49.6 Å². The second-order valence-electron chi connectivity index (χ2n) is 12.0. The van der Waals surface area contributed by atoms with Crippen molar-refractivity contribution in [2.45, 2.75) is 37.7 Å². The van der Waals surface area contributed by atoms with Crippen LogP contribution < -0.4 is 29.0 Å². The van der Waals surface area contributed by atoms with Gasteiger partial charge in [-0.2, -0.15) is 4.98 Å². The average molecular weight is 703 g/mol. The molecule has 3 aliphatic rings. The molecule has 258 valence electrons. The fourth-order valence-corrected chi connectivity index (χ4v) is 6.85. The third-order valence-electron chi connectivity index (χ3n) is 9.10. The molecule has 1 aliphatic carbocycles. The van der Waals surface area contributed by atoms with Gasteiger partial charge in [0.15, 0.2) is 28.8 Å². The van der Waals surface area contributed by atoms with Gasteiger partial charge < -0.3 is 38.6 Å². The number of fused-ring (bicyclic) bond motifs is 2. The van der Waals surface area contributed by atoms with Crippen molar-refractivity contribution < 1.29 is 47.7 Å². The van der Waals surface area contributed by atoms with E-state index in [-0.39, 0.29) is 66.0 Å². The average Bonchev–Trinajstić information content (AvgIpc) is 3.86. The lowest BCUT2D eigenvalue weighted by molar-refractivity contribution is -0.121. The van der Waals surface area contributed by atoms with Crippen LogP contribution in [0, 0.1) is 5.92 Å². The number of aliphatic hydroxyl groups excluding tert-OH is 1. The number of carbonyl (C=O) groups is 3. The summed E-state index contributed by atoms with van der Waals surface area (Å²) < 4.78 is 33.5. The molecule has 50 heavy (non-hydrogen) atoms. The molecule has 2 N–H and O–H groups in total. The summed E-state index contributed by atoms with van der Waals surface area (Å²) in [6.45, 7) is 1.77. The third kappa shape index (κ3) is 5.45. The predicted octanol–water partition coefficient (Wildman–Crippen LogP) is 4.80. The summed E-state index contributed by atoms with van der Waals surface area (Å²) >= 11 is 6.60. The Morgan fingerprint density at radius 2 is 1.94 bits per heavy atom. The summed E-state index contributed by atoms with van der Waals surface area (Å²) in [7, 11) is 2.78. The zero-order valence-corrected chi connectivity index (χ0v) is 27.9. The Hall–Kier alpha value is -5.63. The van der Waals surface area contributed by atoms with Gasteiger partial charge in [0.05, 0.1) is 14.2 Å². The Kier molecular flexibility index (Phi) is 8.56. The molecule has 0 bridgehead atoms. The van der Waals surface area contributed by atoms with Crippen LogP contribution in [0.15, 0.2) is 64.6 Å². The highest BCUT2D eigenvalue weighted by atomic mass is 35.5. The van der Waals surface area contributed by atoms with Gasteiger partial charge in [-0.15, -0.1) is 0 Å². The molecule has 14 nitrogen and oxygen atoms in total. The molecule has 4 heterocycles. The van der Waals surface area contributed by atoms with Gasteiger partial charge in [-0.3, -0.25) is 19.4 Å². The summed E-state index contributed by atoms with van der Waals surface area (Å²) in [6.07, 6.45) is 3.02. The van der Waals surface area contributed by atoms with Crippen molar-refractivity contribution in [2.24, 2.45) is 5.92 Å². The zero-order valence-electron chi connectivity index (χ0n) is 27.2. The quantitative estimate of drug-likeness (QED) is 0.230. The van der Waals surface area contributed by atoms with Gasteiger partial charge in [-0.05, 0) is 29.8 Å². The number of rotatable bonds is 10. The summed E-state index contributed by atoms with van der Waals surface area (Å²) in [5, 5.41) is 18.9.